The van der Waals surface area contributed by atoms with Crippen molar-refractivity contribution in [3.63, 3.8) is 0 Å². The molecule has 0 atom stereocenters. The minimum absolute atomic E-state index is 0.265. The monoisotopic (exact) mass is 467 g/mol. The van der Waals surface area contributed by atoms with Crippen LogP contribution in [0.25, 0.3) is 5.82 Å². The van der Waals surface area contributed by atoms with Crippen LogP contribution in [0.2, 0.25) is 0 Å². The number of aromatic nitrogens is 5. The first-order chi connectivity index (χ1) is 16.8. The zero-order valence-electron chi connectivity index (χ0n) is 19.9. The van der Waals surface area contributed by atoms with Gasteiger partial charge in [-0.05, 0) is 56.2 Å². The van der Waals surface area contributed by atoms with Crippen molar-refractivity contribution in [2.75, 3.05) is 23.0 Å². The van der Waals surface area contributed by atoms with Gasteiger partial charge in [0.2, 0.25) is 5.95 Å². The summed E-state index contributed by atoms with van der Waals surface area (Å²) < 4.78 is 1.57. The molecular formula is C25H25N9O. The number of nitrogens with one attached hydrogen (secondary N) is 3. The highest BCUT2D eigenvalue weighted by Gasteiger charge is 2.21. The van der Waals surface area contributed by atoms with Crippen molar-refractivity contribution in [3.05, 3.63) is 77.9 Å². The quantitative estimate of drug-likeness (QED) is 0.368. The van der Waals surface area contributed by atoms with Crippen molar-refractivity contribution >= 4 is 29.0 Å². The van der Waals surface area contributed by atoms with Crippen molar-refractivity contribution < 1.29 is 4.79 Å². The SMILES string of the molecule is CNc1cc(-n2ncnc2Nc2cc(NC(=O)c3cccc(C(C)(C)C#N)c3)ccc2C)ncn1. The smallest absolute Gasteiger partial charge is 0.255 e. The third kappa shape index (κ3) is 5.09. The van der Waals surface area contributed by atoms with Gasteiger partial charge in [0.15, 0.2) is 5.82 Å². The number of rotatable bonds is 7. The van der Waals surface area contributed by atoms with Crippen molar-refractivity contribution in [1.82, 2.24) is 24.7 Å². The van der Waals surface area contributed by atoms with E-state index in [2.05, 4.69) is 42.1 Å². The zero-order valence-corrected chi connectivity index (χ0v) is 19.9. The van der Waals surface area contributed by atoms with Crippen molar-refractivity contribution in [1.29, 1.82) is 5.26 Å². The molecule has 10 heteroatoms. The van der Waals surface area contributed by atoms with Gasteiger partial charge in [0.05, 0.1) is 11.5 Å². The lowest BCUT2D eigenvalue weighted by molar-refractivity contribution is 0.102. The molecule has 0 saturated heterocycles. The molecule has 0 spiro atoms. The minimum atomic E-state index is -0.690. The summed E-state index contributed by atoms with van der Waals surface area (Å²) in [5.41, 5.74) is 2.88. The number of carbonyl (C=O) groups is 1. The summed E-state index contributed by atoms with van der Waals surface area (Å²) in [7, 11) is 1.77. The number of anilines is 4. The fourth-order valence-corrected chi connectivity index (χ4v) is 3.37. The van der Waals surface area contributed by atoms with Gasteiger partial charge in [-0.25, -0.2) is 9.97 Å². The molecular weight excluding hydrogens is 442 g/mol. The van der Waals surface area contributed by atoms with E-state index in [4.69, 9.17) is 0 Å². The lowest BCUT2D eigenvalue weighted by Gasteiger charge is -2.17. The van der Waals surface area contributed by atoms with Crippen molar-refractivity contribution in [3.8, 4) is 11.9 Å². The van der Waals surface area contributed by atoms with Crippen LogP contribution in [-0.4, -0.2) is 37.7 Å². The third-order valence-corrected chi connectivity index (χ3v) is 5.54. The lowest BCUT2D eigenvalue weighted by Crippen LogP contribution is -2.17. The molecule has 3 N–H and O–H groups in total. The van der Waals surface area contributed by atoms with E-state index in [0.29, 0.717) is 28.8 Å². The van der Waals surface area contributed by atoms with Crippen LogP contribution in [-0.2, 0) is 5.41 Å². The van der Waals surface area contributed by atoms with Crippen molar-refractivity contribution in [2.45, 2.75) is 26.2 Å². The van der Waals surface area contributed by atoms with Gasteiger partial charge in [-0.1, -0.05) is 18.2 Å². The van der Waals surface area contributed by atoms with Crippen LogP contribution in [0.15, 0.2) is 61.2 Å². The first kappa shape index (κ1) is 23.4. The Labute approximate surface area is 203 Å². The number of hydrogen-bond acceptors (Lipinski definition) is 8. The van der Waals surface area contributed by atoms with E-state index >= 15 is 0 Å². The molecule has 0 aliphatic rings. The fourth-order valence-electron chi connectivity index (χ4n) is 3.37. The zero-order chi connectivity index (χ0) is 25.0. The second-order valence-electron chi connectivity index (χ2n) is 8.43. The van der Waals surface area contributed by atoms with Crippen LogP contribution in [0.4, 0.5) is 23.1 Å². The lowest BCUT2D eigenvalue weighted by atomic mass is 9.85. The van der Waals surface area contributed by atoms with E-state index in [-0.39, 0.29) is 5.91 Å². The van der Waals surface area contributed by atoms with Gasteiger partial charge in [0.25, 0.3) is 5.91 Å². The van der Waals surface area contributed by atoms with Crippen LogP contribution in [0.1, 0.15) is 35.3 Å². The normalized spacial score (nSPS) is 10.9. The van der Waals surface area contributed by atoms with Gasteiger partial charge in [-0.3, -0.25) is 4.79 Å². The second-order valence-corrected chi connectivity index (χ2v) is 8.43. The van der Waals surface area contributed by atoms with Gasteiger partial charge in [0.1, 0.15) is 18.5 Å². The van der Waals surface area contributed by atoms with E-state index in [1.807, 2.05) is 45.0 Å². The maximum Gasteiger partial charge on any atom is 0.255 e. The maximum atomic E-state index is 12.9. The molecule has 0 saturated carbocycles. The van der Waals surface area contributed by atoms with E-state index in [0.717, 1.165) is 16.8 Å². The predicted molar refractivity (Wildman–Crippen MR) is 134 cm³/mol. The number of hydrogen-bond donors (Lipinski definition) is 3. The topological polar surface area (TPSA) is 133 Å². The number of nitrogens with zero attached hydrogens (tertiary/aromatic N) is 6. The average Bonchev–Trinajstić information content (AvgIpc) is 3.34. The van der Waals surface area contributed by atoms with Crippen molar-refractivity contribution in [2.24, 2.45) is 0 Å². The Hall–Kier alpha value is -4.78. The first-order valence-electron chi connectivity index (χ1n) is 10.9. The van der Waals surface area contributed by atoms with Crippen LogP contribution in [0.5, 0.6) is 0 Å². The van der Waals surface area contributed by atoms with Gasteiger partial charge in [0, 0.05) is 30.1 Å². The van der Waals surface area contributed by atoms with Crippen LogP contribution >= 0.6 is 0 Å². The third-order valence-electron chi connectivity index (χ3n) is 5.54. The fraction of sp³-hybridized carbons (Fsp3) is 0.200. The highest BCUT2D eigenvalue weighted by Crippen LogP contribution is 2.26. The second kappa shape index (κ2) is 9.61. The number of amides is 1. The van der Waals surface area contributed by atoms with Crippen LogP contribution < -0.4 is 16.0 Å². The first-order valence-corrected chi connectivity index (χ1v) is 10.9. The Morgan fingerprint density at radius 2 is 1.89 bits per heavy atom. The number of benzene rings is 2. The molecule has 0 aliphatic carbocycles. The number of aryl methyl sites for hydroxylation is 1. The van der Waals surface area contributed by atoms with E-state index in [1.54, 1.807) is 36.0 Å². The summed E-state index contributed by atoms with van der Waals surface area (Å²) in [5.74, 6) is 1.40. The molecule has 4 aromatic rings. The number of carbonyl (C=O) groups excluding carboxylic acids is 1. The summed E-state index contributed by atoms with van der Waals surface area (Å²) >= 11 is 0. The van der Waals surface area contributed by atoms with Gasteiger partial charge in [-0.15, -0.1) is 0 Å². The van der Waals surface area contributed by atoms with E-state index < -0.39 is 5.41 Å². The standard InChI is InChI=1S/C25H25N9O/c1-16-8-9-19(32-23(35)17-6-5-7-18(10-17)25(2,3)13-26)11-20(16)33-24-30-15-31-34(24)22-12-21(27-4)28-14-29-22/h5-12,14-15H,1-4H3,(H,32,35)(H,27,28,29)(H,30,31,33). The molecule has 0 aliphatic heterocycles. The summed E-state index contributed by atoms with van der Waals surface area (Å²) in [4.78, 5) is 25.6. The molecule has 10 nitrogen and oxygen atoms in total. The summed E-state index contributed by atoms with van der Waals surface area (Å²) in [6, 6.07) is 16.7. The van der Waals surface area contributed by atoms with Gasteiger partial charge >= 0.3 is 0 Å². The summed E-state index contributed by atoms with van der Waals surface area (Å²) in [6.07, 6.45) is 2.88. The Bertz CT molecular complexity index is 1420. The summed E-state index contributed by atoms with van der Waals surface area (Å²) in [6.45, 7) is 5.59. The molecule has 2 aromatic heterocycles. The van der Waals surface area contributed by atoms with E-state index in [9.17, 15) is 10.1 Å². The molecule has 0 bridgehead atoms. The maximum absolute atomic E-state index is 12.9. The number of nitriles is 1. The molecule has 176 valence electrons. The highest BCUT2D eigenvalue weighted by molar-refractivity contribution is 6.04. The van der Waals surface area contributed by atoms with Crippen LogP contribution in [0, 0.1) is 18.3 Å². The molecule has 2 heterocycles. The molecule has 4 rings (SSSR count). The van der Waals surface area contributed by atoms with E-state index in [1.165, 1.54) is 12.7 Å². The molecule has 0 fully saturated rings. The minimum Gasteiger partial charge on any atom is -0.373 e. The largest absolute Gasteiger partial charge is 0.373 e. The Balaban J connectivity index is 1.56. The molecule has 0 unspecified atom stereocenters. The molecule has 35 heavy (non-hydrogen) atoms. The highest BCUT2D eigenvalue weighted by atomic mass is 16.1. The Morgan fingerprint density at radius 1 is 1.06 bits per heavy atom. The average molecular weight is 468 g/mol. The van der Waals surface area contributed by atoms with Gasteiger partial charge < -0.3 is 16.0 Å². The molecule has 1 amide bonds. The Morgan fingerprint density at radius 3 is 2.66 bits per heavy atom. The summed E-state index contributed by atoms with van der Waals surface area (Å²) in [5, 5.41) is 22.8. The van der Waals surface area contributed by atoms with Gasteiger partial charge in [-0.2, -0.15) is 20.0 Å². The molecule has 0 radical (unpaired) electrons. The molecule has 2 aromatic carbocycles. The van der Waals surface area contributed by atoms with Crippen LogP contribution in [0.3, 0.4) is 0 Å². The Kier molecular flexibility index (Phi) is 6.42. The predicted octanol–water partition coefficient (Wildman–Crippen LogP) is 4.20.